The van der Waals surface area contributed by atoms with Gasteiger partial charge in [-0.3, -0.25) is 4.79 Å². The molecule has 4 rings (SSSR count). The van der Waals surface area contributed by atoms with Crippen molar-refractivity contribution < 1.29 is 14.3 Å². The van der Waals surface area contributed by atoms with Crippen LogP contribution in [0.25, 0.3) is 0 Å². The molecule has 0 aromatic heterocycles. The van der Waals surface area contributed by atoms with Crippen molar-refractivity contribution in [1.82, 2.24) is 9.80 Å². The molecule has 1 amide bonds. The molecule has 170 valence electrons. The smallest absolute Gasteiger partial charge is 0.338 e. The Morgan fingerprint density at radius 2 is 1.88 bits per heavy atom. The normalized spacial score (nSPS) is 20.5. The SMILES string of the molecule is CCC1=C(C(=O)OC)[C@@H](c2ccc(C(C)C)cc2)N2C(CC(=O)N3CCCC3)=CSC2=N1. The number of nitrogens with zero attached hydrogens (tertiary/aromatic N) is 3. The van der Waals surface area contributed by atoms with Gasteiger partial charge in [0.25, 0.3) is 0 Å². The maximum absolute atomic E-state index is 12.9. The van der Waals surface area contributed by atoms with Gasteiger partial charge < -0.3 is 14.5 Å². The van der Waals surface area contributed by atoms with Gasteiger partial charge in [0.2, 0.25) is 5.91 Å². The minimum atomic E-state index is -0.371. The number of rotatable bonds is 6. The fourth-order valence-electron chi connectivity index (χ4n) is 4.52. The van der Waals surface area contributed by atoms with E-state index >= 15 is 0 Å². The zero-order valence-electron chi connectivity index (χ0n) is 19.3. The molecule has 0 unspecified atom stereocenters. The van der Waals surface area contributed by atoms with Crippen LogP contribution in [0, 0.1) is 0 Å². The molecule has 0 saturated carbocycles. The molecule has 1 saturated heterocycles. The van der Waals surface area contributed by atoms with Crippen LogP contribution in [-0.4, -0.2) is 47.0 Å². The van der Waals surface area contributed by atoms with E-state index in [2.05, 4.69) is 43.0 Å². The number of fused-ring (bicyclic) bond motifs is 1. The molecule has 1 aromatic rings. The molecule has 3 aliphatic rings. The highest BCUT2D eigenvalue weighted by molar-refractivity contribution is 8.16. The summed E-state index contributed by atoms with van der Waals surface area (Å²) < 4.78 is 5.19. The number of carbonyl (C=O) groups excluding carboxylic acids is 2. The lowest BCUT2D eigenvalue weighted by molar-refractivity contribution is -0.136. The molecule has 0 radical (unpaired) electrons. The Balaban J connectivity index is 1.74. The summed E-state index contributed by atoms with van der Waals surface area (Å²) in [6.07, 6.45) is 3.07. The average Bonchev–Trinajstić information content (AvgIpc) is 3.48. The van der Waals surface area contributed by atoms with E-state index in [1.165, 1.54) is 24.4 Å². The summed E-state index contributed by atoms with van der Waals surface area (Å²) >= 11 is 1.52. The molecule has 3 heterocycles. The summed E-state index contributed by atoms with van der Waals surface area (Å²) in [5.74, 6) is 0.185. The number of hydrogen-bond donors (Lipinski definition) is 0. The number of amides is 1. The van der Waals surface area contributed by atoms with E-state index in [1.807, 2.05) is 17.2 Å². The van der Waals surface area contributed by atoms with Crippen molar-refractivity contribution in [3.63, 3.8) is 0 Å². The van der Waals surface area contributed by atoms with Gasteiger partial charge in [0.1, 0.15) is 0 Å². The van der Waals surface area contributed by atoms with Gasteiger partial charge in [-0.2, -0.15) is 0 Å². The van der Waals surface area contributed by atoms with Crippen LogP contribution in [0.4, 0.5) is 0 Å². The summed E-state index contributed by atoms with van der Waals surface area (Å²) in [4.78, 5) is 34.7. The second kappa shape index (κ2) is 9.53. The minimum absolute atomic E-state index is 0.134. The second-order valence-electron chi connectivity index (χ2n) is 8.69. The third-order valence-electron chi connectivity index (χ3n) is 6.34. The maximum Gasteiger partial charge on any atom is 0.338 e. The van der Waals surface area contributed by atoms with E-state index in [0.29, 0.717) is 24.3 Å². The molecule has 6 nitrogen and oxygen atoms in total. The number of ether oxygens (including phenoxy) is 1. The Morgan fingerprint density at radius 3 is 2.47 bits per heavy atom. The van der Waals surface area contributed by atoms with Gasteiger partial charge in [-0.25, -0.2) is 9.79 Å². The summed E-state index contributed by atoms with van der Waals surface area (Å²) in [5.41, 5.74) is 4.43. The number of carbonyl (C=O) groups is 2. The maximum atomic E-state index is 12.9. The third kappa shape index (κ3) is 4.22. The monoisotopic (exact) mass is 453 g/mol. The topological polar surface area (TPSA) is 62.2 Å². The summed E-state index contributed by atoms with van der Waals surface area (Å²) in [6, 6.07) is 8.05. The molecule has 0 spiro atoms. The zero-order valence-corrected chi connectivity index (χ0v) is 20.1. The first-order chi connectivity index (χ1) is 15.4. The number of methoxy groups -OCH3 is 1. The van der Waals surface area contributed by atoms with Gasteiger partial charge in [0, 0.05) is 18.8 Å². The van der Waals surface area contributed by atoms with Crippen molar-refractivity contribution in [2.75, 3.05) is 20.2 Å². The number of allylic oxidation sites excluding steroid dienone is 1. The molecule has 0 aliphatic carbocycles. The third-order valence-corrected chi connectivity index (χ3v) is 7.23. The molecule has 0 bridgehead atoms. The van der Waals surface area contributed by atoms with Gasteiger partial charge in [-0.15, -0.1) is 0 Å². The molecule has 7 heteroatoms. The van der Waals surface area contributed by atoms with Crippen LogP contribution in [-0.2, 0) is 14.3 Å². The lowest BCUT2D eigenvalue weighted by Gasteiger charge is -2.37. The number of amidine groups is 1. The van der Waals surface area contributed by atoms with Crippen LogP contribution >= 0.6 is 11.8 Å². The molecule has 32 heavy (non-hydrogen) atoms. The van der Waals surface area contributed by atoms with Crippen LogP contribution in [0.5, 0.6) is 0 Å². The molecule has 1 fully saturated rings. The number of esters is 1. The Bertz CT molecular complexity index is 988. The van der Waals surface area contributed by atoms with E-state index in [1.54, 1.807) is 0 Å². The van der Waals surface area contributed by atoms with Crippen molar-refractivity contribution in [2.45, 2.75) is 58.4 Å². The summed E-state index contributed by atoms with van der Waals surface area (Å²) in [7, 11) is 1.41. The summed E-state index contributed by atoms with van der Waals surface area (Å²) in [5, 5.41) is 2.83. The fourth-order valence-corrected chi connectivity index (χ4v) is 5.46. The largest absolute Gasteiger partial charge is 0.466 e. The van der Waals surface area contributed by atoms with E-state index in [9.17, 15) is 9.59 Å². The zero-order chi connectivity index (χ0) is 22.8. The van der Waals surface area contributed by atoms with Crippen molar-refractivity contribution in [3.05, 3.63) is 57.8 Å². The van der Waals surface area contributed by atoms with Crippen molar-refractivity contribution in [2.24, 2.45) is 4.99 Å². The summed E-state index contributed by atoms with van der Waals surface area (Å²) in [6.45, 7) is 7.98. The molecule has 3 aliphatic heterocycles. The Hall–Kier alpha value is -2.54. The van der Waals surface area contributed by atoms with E-state index in [4.69, 9.17) is 9.73 Å². The van der Waals surface area contributed by atoms with Gasteiger partial charge in [-0.05, 0) is 41.7 Å². The highest BCUT2D eigenvalue weighted by Gasteiger charge is 2.41. The average molecular weight is 454 g/mol. The number of hydrogen-bond acceptors (Lipinski definition) is 6. The Morgan fingerprint density at radius 1 is 1.19 bits per heavy atom. The minimum Gasteiger partial charge on any atom is -0.466 e. The number of aliphatic imine (C=N–C) groups is 1. The van der Waals surface area contributed by atoms with Crippen molar-refractivity contribution in [3.8, 4) is 0 Å². The predicted octanol–water partition coefficient (Wildman–Crippen LogP) is 4.96. The van der Waals surface area contributed by atoms with Crippen LogP contribution in [0.3, 0.4) is 0 Å². The highest BCUT2D eigenvalue weighted by atomic mass is 32.2. The predicted molar refractivity (Wildman–Crippen MR) is 128 cm³/mol. The number of benzene rings is 1. The lowest BCUT2D eigenvalue weighted by Crippen LogP contribution is -2.38. The first-order valence-corrected chi connectivity index (χ1v) is 12.2. The van der Waals surface area contributed by atoms with E-state index in [-0.39, 0.29) is 17.9 Å². The van der Waals surface area contributed by atoms with Gasteiger partial charge in [0.15, 0.2) is 5.17 Å². The highest BCUT2D eigenvalue weighted by Crippen LogP contribution is 2.45. The molecular formula is C25H31N3O3S. The first kappa shape index (κ1) is 22.6. The van der Waals surface area contributed by atoms with Crippen LogP contribution in [0.15, 0.2) is 51.6 Å². The number of likely N-dealkylation sites (tertiary alicyclic amines) is 1. The Kier molecular flexibility index (Phi) is 6.74. The molecule has 0 N–H and O–H groups in total. The molecule has 1 atom stereocenters. The molecule has 1 aromatic carbocycles. The van der Waals surface area contributed by atoms with Crippen LogP contribution < -0.4 is 0 Å². The van der Waals surface area contributed by atoms with Crippen LogP contribution in [0.2, 0.25) is 0 Å². The first-order valence-electron chi connectivity index (χ1n) is 11.4. The van der Waals surface area contributed by atoms with Crippen molar-refractivity contribution in [1.29, 1.82) is 0 Å². The van der Waals surface area contributed by atoms with E-state index < -0.39 is 0 Å². The van der Waals surface area contributed by atoms with Gasteiger partial charge in [-0.1, -0.05) is 56.8 Å². The van der Waals surface area contributed by atoms with Gasteiger partial charge in [0.05, 0.1) is 30.8 Å². The van der Waals surface area contributed by atoms with Crippen LogP contribution in [0.1, 0.15) is 69.5 Å². The van der Waals surface area contributed by atoms with Crippen molar-refractivity contribution >= 4 is 28.8 Å². The lowest BCUT2D eigenvalue weighted by atomic mass is 9.91. The van der Waals surface area contributed by atoms with Gasteiger partial charge >= 0.3 is 5.97 Å². The second-order valence-corrected chi connectivity index (χ2v) is 9.52. The fraction of sp³-hybridized carbons (Fsp3) is 0.480. The standard InChI is InChI=1S/C25H31N3O3S/c1-5-20-22(24(30)31-4)23(18-10-8-17(9-11-18)16(2)3)28-19(15-32-25(28)26-20)14-21(29)27-12-6-7-13-27/h8-11,15-16,23H,5-7,12-14H2,1-4H3/t23-/m1/s1. The van der Waals surface area contributed by atoms with E-state index in [0.717, 1.165) is 48.1 Å². The molecular weight excluding hydrogens is 422 g/mol. The number of thioether (sulfide) groups is 1. The Labute approximate surface area is 194 Å². The quantitative estimate of drug-likeness (QED) is 0.570.